The topological polar surface area (TPSA) is 77.1 Å². The van der Waals surface area contributed by atoms with Crippen LogP contribution in [0.5, 0.6) is 0 Å². The summed E-state index contributed by atoms with van der Waals surface area (Å²) in [6.45, 7) is 2.96. The van der Waals surface area contributed by atoms with Crippen LogP contribution in [0.3, 0.4) is 0 Å². The highest BCUT2D eigenvalue weighted by Gasteiger charge is 2.27. The van der Waals surface area contributed by atoms with E-state index in [0.29, 0.717) is 12.1 Å². The van der Waals surface area contributed by atoms with E-state index in [-0.39, 0.29) is 6.04 Å². The largest absolute Gasteiger partial charge is 0.364 e. The van der Waals surface area contributed by atoms with Crippen LogP contribution >= 0.6 is 0 Å². The monoisotopic (exact) mass is 526 g/mol. The van der Waals surface area contributed by atoms with E-state index >= 15 is 0 Å². The van der Waals surface area contributed by atoms with Crippen molar-refractivity contribution < 1.29 is 0 Å². The third-order valence-electron chi connectivity index (χ3n) is 8.22. The highest BCUT2D eigenvalue weighted by Crippen LogP contribution is 2.27. The SMILES string of the molecule is C(#Cc1ccc(C2CN=C([C@@H]3CCCN3)N2)cc1)c1ccc(-c2ccc(-c3cnc([C@@H]4CCCN4)[nH]3)cc2)cc1. The van der Waals surface area contributed by atoms with Gasteiger partial charge in [-0.05, 0) is 85.3 Å². The third kappa shape index (κ3) is 5.31. The zero-order chi connectivity index (χ0) is 26.7. The smallest absolute Gasteiger partial charge is 0.123 e. The maximum Gasteiger partial charge on any atom is 0.123 e. The number of H-pyrrole nitrogens is 1. The molecule has 200 valence electrons. The van der Waals surface area contributed by atoms with E-state index in [1.165, 1.54) is 36.0 Å². The van der Waals surface area contributed by atoms with E-state index in [4.69, 9.17) is 4.99 Å². The molecule has 3 atom stereocenters. The van der Waals surface area contributed by atoms with Crippen LogP contribution in [0.25, 0.3) is 22.4 Å². The molecular formula is C34H34N6. The van der Waals surface area contributed by atoms with Crippen molar-refractivity contribution in [2.75, 3.05) is 19.6 Å². The van der Waals surface area contributed by atoms with Gasteiger partial charge in [0.1, 0.15) is 11.7 Å². The zero-order valence-electron chi connectivity index (χ0n) is 22.6. The summed E-state index contributed by atoms with van der Waals surface area (Å²) in [5.41, 5.74) is 7.87. The van der Waals surface area contributed by atoms with E-state index in [1.807, 2.05) is 6.20 Å². The van der Waals surface area contributed by atoms with Crippen LogP contribution in [0, 0.1) is 11.8 Å². The van der Waals surface area contributed by atoms with Crippen LogP contribution < -0.4 is 16.0 Å². The molecule has 2 saturated heterocycles. The fourth-order valence-electron chi connectivity index (χ4n) is 5.89. The number of benzene rings is 3. The maximum atomic E-state index is 4.74. The molecule has 0 aliphatic carbocycles. The summed E-state index contributed by atoms with van der Waals surface area (Å²) in [5.74, 6) is 8.79. The molecule has 6 nitrogen and oxygen atoms in total. The Morgan fingerprint density at radius 1 is 0.650 bits per heavy atom. The Morgan fingerprint density at radius 3 is 1.90 bits per heavy atom. The Morgan fingerprint density at radius 2 is 1.25 bits per heavy atom. The first-order chi connectivity index (χ1) is 19.8. The molecule has 4 N–H and O–H groups in total. The second kappa shape index (κ2) is 11.1. The molecule has 0 saturated carbocycles. The van der Waals surface area contributed by atoms with Crippen LogP contribution in [0.2, 0.25) is 0 Å². The molecule has 1 aromatic heterocycles. The van der Waals surface area contributed by atoms with E-state index in [2.05, 4.69) is 111 Å². The van der Waals surface area contributed by atoms with Gasteiger partial charge in [-0.3, -0.25) is 4.99 Å². The average molecular weight is 527 g/mol. The lowest BCUT2D eigenvalue weighted by atomic mass is 10.0. The Kier molecular flexibility index (Phi) is 6.91. The molecule has 40 heavy (non-hydrogen) atoms. The van der Waals surface area contributed by atoms with E-state index in [1.54, 1.807) is 0 Å². The molecule has 6 heteroatoms. The zero-order valence-corrected chi connectivity index (χ0v) is 22.6. The molecule has 3 aliphatic heterocycles. The number of rotatable bonds is 5. The molecule has 3 aromatic carbocycles. The minimum absolute atomic E-state index is 0.257. The molecule has 2 fully saturated rings. The van der Waals surface area contributed by atoms with Crippen LogP contribution in [0.4, 0.5) is 0 Å². The normalized spacial score (nSPS) is 22.0. The number of nitrogens with one attached hydrogen (secondary N) is 4. The molecular weight excluding hydrogens is 492 g/mol. The molecule has 4 aromatic rings. The van der Waals surface area contributed by atoms with Crippen LogP contribution in [-0.4, -0.2) is 41.5 Å². The maximum absolute atomic E-state index is 4.74. The van der Waals surface area contributed by atoms with Crippen molar-refractivity contribution in [2.24, 2.45) is 4.99 Å². The van der Waals surface area contributed by atoms with Crippen molar-refractivity contribution in [3.05, 3.63) is 102 Å². The quantitative estimate of drug-likeness (QED) is 0.264. The number of aromatic nitrogens is 2. The summed E-state index contributed by atoms with van der Waals surface area (Å²) < 4.78 is 0. The summed E-state index contributed by atoms with van der Waals surface area (Å²) >= 11 is 0. The van der Waals surface area contributed by atoms with Crippen molar-refractivity contribution in [2.45, 2.75) is 43.8 Å². The van der Waals surface area contributed by atoms with Gasteiger partial charge in [-0.1, -0.05) is 60.4 Å². The van der Waals surface area contributed by atoms with Crippen molar-refractivity contribution in [1.82, 2.24) is 25.9 Å². The van der Waals surface area contributed by atoms with Gasteiger partial charge in [0.05, 0.1) is 36.6 Å². The van der Waals surface area contributed by atoms with Gasteiger partial charge < -0.3 is 20.9 Å². The van der Waals surface area contributed by atoms with Crippen molar-refractivity contribution in [3.8, 4) is 34.2 Å². The fraction of sp³-hybridized carbons (Fsp3) is 0.294. The van der Waals surface area contributed by atoms with Crippen molar-refractivity contribution in [1.29, 1.82) is 0 Å². The van der Waals surface area contributed by atoms with Gasteiger partial charge in [0.15, 0.2) is 0 Å². The first-order valence-electron chi connectivity index (χ1n) is 14.4. The Bertz CT molecular complexity index is 1540. The second-order valence-electron chi connectivity index (χ2n) is 10.9. The van der Waals surface area contributed by atoms with Crippen molar-refractivity contribution in [3.63, 3.8) is 0 Å². The molecule has 0 bridgehead atoms. The summed E-state index contributed by atoms with van der Waals surface area (Å²) in [6, 6.07) is 26.7. The predicted molar refractivity (Wildman–Crippen MR) is 161 cm³/mol. The molecule has 4 heterocycles. The number of hydrogen-bond donors (Lipinski definition) is 4. The molecule has 3 aliphatic rings. The molecule has 0 amide bonds. The highest BCUT2D eigenvalue weighted by atomic mass is 15.2. The molecule has 0 spiro atoms. The van der Waals surface area contributed by atoms with Crippen LogP contribution in [0.15, 0.2) is 84.0 Å². The van der Waals surface area contributed by atoms with Crippen LogP contribution in [-0.2, 0) is 0 Å². The number of aromatic amines is 1. The summed E-state index contributed by atoms with van der Waals surface area (Å²) in [6.07, 6.45) is 6.69. The van der Waals surface area contributed by atoms with Gasteiger partial charge in [0.2, 0.25) is 0 Å². The standard InChI is InChI=1S/C34H34N6/c1-3-29(35-19-1)33-37-21-31(39-33)27-13-9-24(10-14-27)6-5-23-7-11-25(12-8-23)26-15-17-28(18-16-26)32-22-38-34(40-32)30-4-2-20-36-30/h7-18,22,29-31,35-36H,1-4,19-21H2,(H,37,39)(H,38,40)/t29-,30-,31?/m0/s1. The molecule has 0 radical (unpaired) electrons. The Hall–Kier alpha value is -4.18. The van der Waals surface area contributed by atoms with Crippen molar-refractivity contribution >= 4 is 5.84 Å². The number of imidazole rings is 1. The lowest BCUT2D eigenvalue weighted by molar-refractivity contribution is 0.613. The fourth-order valence-corrected chi connectivity index (χ4v) is 5.89. The minimum Gasteiger partial charge on any atom is -0.364 e. The van der Waals surface area contributed by atoms with E-state index < -0.39 is 0 Å². The van der Waals surface area contributed by atoms with Gasteiger partial charge in [0.25, 0.3) is 0 Å². The number of amidine groups is 1. The lowest BCUT2D eigenvalue weighted by Crippen LogP contribution is -2.38. The number of hydrogen-bond acceptors (Lipinski definition) is 5. The minimum atomic E-state index is 0.257. The summed E-state index contributed by atoms with van der Waals surface area (Å²) in [4.78, 5) is 12.8. The number of aliphatic imine (C=N–C) groups is 1. The highest BCUT2D eigenvalue weighted by molar-refractivity contribution is 5.89. The summed E-state index contributed by atoms with van der Waals surface area (Å²) in [5, 5.41) is 10.6. The van der Waals surface area contributed by atoms with E-state index in [0.717, 1.165) is 60.1 Å². The first kappa shape index (κ1) is 24.8. The second-order valence-corrected chi connectivity index (χ2v) is 10.9. The molecule has 7 rings (SSSR count). The Balaban J connectivity index is 0.968. The van der Waals surface area contributed by atoms with Gasteiger partial charge in [-0.25, -0.2) is 4.98 Å². The number of nitrogens with zero attached hydrogens (tertiary/aromatic N) is 2. The summed E-state index contributed by atoms with van der Waals surface area (Å²) in [7, 11) is 0. The third-order valence-corrected chi connectivity index (χ3v) is 8.22. The van der Waals surface area contributed by atoms with Gasteiger partial charge >= 0.3 is 0 Å². The van der Waals surface area contributed by atoms with Gasteiger partial charge in [-0.2, -0.15) is 0 Å². The van der Waals surface area contributed by atoms with Gasteiger partial charge in [0, 0.05) is 11.1 Å². The van der Waals surface area contributed by atoms with Crippen LogP contribution in [0.1, 0.15) is 60.3 Å². The van der Waals surface area contributed by atoms with E-state index in [9.17, 15) is 0 Å². The lowest BCUT2D eigenvalue weighted by Gasteiger charge is -2.15. The predicted octanol–water partition coefficient (Wildman–Crippen LogP) is 5.36. The van der Waals surface area contributed by atoms with Gasteiger partial charge in [-0.15, -0.1) is 0 Å². The molecule has 1 unspecified atom stereocenters. The Labute approximate surface area is 235 Å². The average Bonchev–Trinajstić information content (AvgIpc) is 3.83. The first-order valence-corrected chi connectivity index (χ1v) is 14.4.